The van der Waals surface area contributed by atoms with Gasteiger partial charge in [-0.05, 0) is 18.6 Å². The molecule has 1 atom stereocenters. The van der Waals surface area contributed by atoms with Crippen molar-refractivity contribution in [3.8, 4) is 0 Å². The van der Waals surface area contributed by atoms with Crippen LogP contribution in [-0.2, 0) is 6.54 Å². The van der Waals surface area contributed by atoms with Gasteiger partial charge in [-0.3, -0.25) is 9.89 Å². The van der Waals surface area contributed by atoms with Crippen molar-refractivity contribution in [3.05, 3.63) is 42.0 Å². The summed E-state index contributed by atoms with van der Waals surface area (Å²) in [5, 5.41) is 9.76. The quantitative estimate of drug-likeness (QED) is 0.797. The summed E-state index contributed by atoms with van der Waals surface area (Å²) in [6.07, 6.45) is 1.35. The molecule has 0 saturated carbocycles. The van der Waals surface area contributed by atoms with Crippen LogP contribution in [0.1, 0.15) is 23.1 Å². The molecule has 0 spiro atoms. The molecule has 1 aromatic heterocycles. The first-order chi connectivity index (χ1) is 9.25. The third-order valence-electron chi connectivity index (χ3n) is 3.24. The van der Waals surface area contributed by atoms with E-state index < -0.39 is 0 Å². The second-order valence-electron chi connectivity index (χ2n) is 4.66. The van der Waals surface area contributed by atoms with Crippen LogP contribution in [0.2, 0.25) is 0 Å². The van der Waals surface area contributed by atoms with Gasteiger partial charge in [0.15, 0.2) is 0 Å². The maximum atomic E-state index is 12.5. The lowest BCUT2D eigenvalue weighted by molar-refractivity contribution is 0.0976. The number of H-pyrrole nitrogens is 1. The fourth-order valence-corrected chi connectivity index (χ4v) is 2.27. The van der Waals surface area contributed by atoms with Crippen LogP contribution >= 0.6 is 0 Å². The van der Waals surface area contributed by atoms with Crippen LogP contribution in [0.5, 0.6) is 0 Å². The first-order valence-electron chi connectivity index (χ1n) is 6.24. The smallest absolute Gasteiger partial charge is 0.295 e. The van der Waals surface area contributed by atoms with Gasteiger partial charge in [-0.25, -0.2) is 4.98 Å². The topological polar surface area (TPSA) is 73.9 Å². The van der Waals surface area contributed by atoms with Gasteiger partial charge >= 0.3 is 0 Å². The number of nitrogens with zero attached hydrogens (tertiary/aromatic N) is 3. The van der Waals surface area contributed by atoms with Crippen molar-refractivity contribution in [3.63, 3.8) is 0 Å². The van der Waals surface area contributed by atoms with Crippen LogP contribution in [0.15, 0.2) is 30.6 Å². The molecule has 2 N–H and O–H groups in total. The molecule has 0 bridgehead atoms. The Morgan fingerprint density at radius 3 is 3.05 bits per heavy atom. The average molecular weight is 257 g/mol. The summed E-state index contributed by atoms with van der Waals surface area (Å²) in [7, 11) is 0. The van der Waals surface area contributed by atoms with E-state index in [1.54, 1.807) is 4.90 Å². The number of hydrogen-bond donors (Lipinski definition) is 2. The van der Waals surface area contributed by atoms with Crippen molar-refractivity contribution in [2.45, 2.75) is 19.5 Å². The maximum Gasteiger partial charge on any atom is 0.295 e. The summed E-state index contributed by atoms with van der Waals surface area (Å²) in [6.45, 7) is 3.43. The van der Waals surface area contributed by atoms with Gasteiger partial charge in [0.2, 0.25) is 5.82 Å². The molecule has 6 heteroatoms. The van der Waals surface area contributed by atoms with E-state index in [1.165, 1.54) is 6.33 Å². The first kappa shape index (κ1) is 11.9. The number of hydrogen-bond acceptors (Lipinski definition) is 4. The van der Waals surface area contributed by atoms with Crippen LogP contribution in [0.3, 0.4) is 0 Å². The zero-order valence-electron chi connectivity index (χ0n) is 10.6. The molecular formula is C13H15N5O. The maximum absolute atomic E-state index is 12.5. The molecule has 2 heterocycles. The number of carbonyl (C=O) groups excluding carboxylic acids is 1. The largest absolute Gasteiger partial charge is 0.308 e. The molecule has 0 saturated heterocycles. The van der Waals surface area contributed by atoms with E-state index in [2.05, 4.69) is 27.4 Å². The summed E-state index contributed by atoms with van der Waals surface area (Å²) < 4.78 is 0. The Balaban J connectivity index is 2.01. The van der Waals surface area contributed by atoms with Crippen LogP contribution in [-0.4, -0.2) is 33.7 Å². The van der Waals surface area contributed by atoms with Gasteiger partial charge in [-0.15, -0.1) is 0 Å². The zero-order chi connectivity index (χ0) is 13.2. The molecule has 1 aliphatic rings. The van der Waals surface area contributed by atoms with E-state index in [1.807, 2.05) is 24.3 Å². The number of benzene rings is 1. The Bertz CT molecular complexity index is 580. The van der Waals surface area contributed by atoms with Crippen molar-refractivity contribution in [1.82, 2.24) is 20.5 Å². The number of para-hydroxylation sites is 1. The zero-order valence-corrected chi connectivity index (χ0v) is 10.6. The van der Waals surface area contributed by atoms with Gasteiger partial charge in [-0.1, -0.05) is 18.2 Å². The second-order valence-corrected chi connectivity index (χ2v) is 4.66. The minimum atomic E-state index is -0.152. The highest BCUT2D eigenvalue weighted by atomic mass is 16.2. The predicted octanol–water partition coefficient (Wildman–Crippen LogP) is 0.943. The Hall–Kier alpha value is -2.21. The number of amides is 1. The van der Waals surface area contributed by atoms with E-state index >= 15 is 0 Å². The minimum Gasteiger partial charge on any atom is -0.308 e. The van der Waals surface area contributed by atoms with Gasteiger partial charge in [-0.2, -0.15) is 5.10 Å². The monoisotopic (exact) mass is 257 g/mol. The van der Waals surface area contributed by atoms with Crippen LogP contribution in [0.25, 0.3) is 0 Å². The molecule has 0 radical (unpaired) electrons. The molecule has 1 unspecified atom stereocenters. The van der Waals surface area contributed by atoms with Crippen molar-refractivity contribution in [2.24, 2.45) is 0 Å². The molecule has 6 nitrogen and oxygen atoms in total. The van der Waals surface area contributed by atoms with Gasteiger partial charge in [0, 0.05) is 24.8 Å². The molecule has 0 aliphatic carbocycles. The summed E-state index contributed by atoms with van der Waals surface area (Å²) in [6, 6.07) is 8.13. The van der Waals surface area contributed by atoms with Crippen LogP contribution in [0.4, 0.5) is 5.69 Å². The molecule has 2 aromatic rings. The van der Waals surface area contributed by atoms with Gasteiger partial charge in [0.1, 0.15) is 6.33 Å². The predicted molar refractivity (Wildman–Crippen MR) is 70.8 cm³/mol. The summed E-state index contributed by atoms with van der Waals surface area (Å²) >= 11 is 0. The van der Waals surface area contributed by atoms with E-state index in [-0.39, 0.29) is 17.8 Å². The molecule has 19 heavy (non-hydrogen) atoms. The number of nitrogens with one attached hydrogen (secondary N) is 2. The van der Waals surface area contributed by atoms with Crippen LogP contribution in [0, 0.1) is 0 Å². The fourth-order valence-electron chi connectivity index (χ4n) is 2.27. The van der Waals surface area contributed by atoms with E-state index in [9.17, 15) is 4.79 Å². The second kappa shape index (κ2) is 4.81. The van der Waals surface area contributed by atoms with Crippen molar-refractivity contribution >= 4 is 11.6 Å². The highest BCUT2D eigenvalue weighted by molar-refractivity contribution is 6.04. The number of aromatic amines is 1. The molecule has 98 valence electrons. The molecule has 3 rings (SSSR count). The number of aromatic nitrogens is 3. The summed E-state index contributed by atoms with van der Waals surface area (Å²) in [4.78, 5) is 18.2. The van der Waals surface area contributed by atoms with E-state index in [4.69, 9.17) is 0 Å². The number of carbonyl (C=O) groups is 1. The Kier molecular flexibility index (Phi) is 3.00. The van der Waals surface area contributed by atoms with Crippen molar-refractivity contribution < 1.29 is 4.79 Å². The number of fused-ring (bicyclic) bond motifs is 1. The van der Waals surface area contributed by atoms with Crippen LogP contribution < -0.4 is 10.2 Å². The Morgan fingerprint density at radius 1 is 1.42 bits per heavy atom. The fraction of sp³-hybridized carbons (Fsp3) is 0.308. The average Bonchev–Trinajstić information content (AvgIpc) is 2.91. The third kappa shape index (κ3) is 2.22. The van der Waals surface area contributed by atoms with E-state index in [0.717, 1.165) is 17.8 Å². The summed E-state index contributed by atoms with van der Waals surface area (Å²) in [5.41, 5.74) is 2.04. The third-order valence-corrected chi connectivity index (χ3v) is 3.24. The summed E-state index contributed by atoms with van der Waals surface area (Å²) in [5.74, 6) is 0.115. The van der Waals surface area contributed by atoms with Crippen molar-refractivity contribution in [2.75, 3.05) is 11.4 Å². The van der Waals surface area contributed by atoms with Crippen molar-refractivity contribution in [1.29, 1.82) is 0 Å². The lowest BCUT2D eigenvalue weighted by Crippen LogP contribution is -2.40. The van der Waals surface area contributed by atoms with Gasteiger partial charge in [0.05, 0.1) is 0 Å². The molecular weight excluding hydrogens is 242 g/mol. The molecule has 1 aromatic carbocycles. The molecule has 1 amide bonds. The SMILES string of the molecule is CC1CN(C(=O)c2ncn[nH]2)c2ccccc2CN1. The normalized spacial score (nSPS) is 18.8. The molecule has 1 aliphatic heterocycles. The van der Waals surface area contributed by atoms with Gasteiger partial charge in [0.25, 0.3) is 5.91 Å². The highest BCUT2D eigenvalue weighted by Crippen LogP contribution is 2.24. The number of rotatable bonds is 1. The first-order valence-corrected chi connectivity index (χ1v) is 6.24. The lowest BCUT2D eigenvalue weighted by Gasteiger charge is -2.23. The Labute approximate surface area is 110 Å². The standard InChI is InChI=1S/C13H15N5O/c1-9-7-18(13(19)12-15-8-16-17-12)11-5-3-2-4-10(11)6-14-9/h2-5,8-9,14H,6-7H2,1H3,(H,15,16,17). The lowest BCUT2D eigenvalue weighted by atomic mass is 10.1. The number of anilines is 1. The molecule has 0 fully saturated rings. The minimum absolute atomic E-state index is 0.152. The van der Waals surface area contributed by atoms with E-state index in [0.29, 0.717) is 6.54 Å². The Morgan fingerprint density at radius 2 is 2.26 bits per heavy atom. The van der Waals surface area contributed by atoms with Gasteiger partial charge < -0.3 is 10.2 Å². The highest BCUT2D eigenvalue weighted by Gasteiger charge is 2.26.